The second-order valence-electron chi connectivity index (χ2n) is 5.78. The smallest absolute Gasteiger partial charge is 0.253 e. The highest BCUT2D eigenvalue weighted by Crippen LogP contribution is 2.38. The van der Waals surface area contributed by atoms with Crippen molar-refractivity contribution in [1.29, 1.82) is 0 Å². The van der Waals surface area contributed by atoms with Gasteiger partial charge in [-0.3, -0.25) is 4.79 Å². The van der Waals surface area contributed by atoms with Crippen molar-refractivity contribution in [3.05, 3.63) is 29.3 Å². The van der Waals surface area contributed by atoms with Crippen LogP contribution in [-0.2, 0) is 0 Å². The lowest BCUT2D eigenvalue weighted by molar-refractivity contribution is 0.0752. The van der Waals surface area contributed by atoms with Crippen molar-refractivity contribution in [2.75, 3.05) is 13.1 Å². The zero-order chi connectivity index (χ0) is 13.6. The maximum absolute atomic E-state index is 12.4. The highest BCUT2D eigenvalue weighted by atomic mass is 16.3. The summed E-state index contributed by atoms with van der Waals surface area (Å²) in [6, 6.07) is 4.95. The van der Waals surface area contributed by atoms with Crippen molar-refractivity contribution >= 4 is 5.91 Å². The molecule has 0 bridgehead atoms. The van der Waals surface area contributed by atoms with Gasteiger partial charge in [-0.05, 0) is 49.4 Å². The van der Waals surface area contributed by atoms with Crippen LogP contribution in [0.3, 0.4) is 0 Å². The first kappa shape index (κ1) is 12.5. The summed E-state index contributed by atoms with van der Waals surface area (Å²) in [5.74, 6) is 0.925. The first-order valence-corrected chi connectivity index (χ1v) is 6.83. The van der Waals surface area contributed by atoms with E-state index in [9.17, 15) is 15.0 Å². The second kappa shape index (κ2) is 4.53. The number of nitrogens with zero attached hydrogens (tertiary/aromatic N) is 1. The highest BCUT2D eigenvalue weighted by Gasteiger charge is 2.43. The van der Waals surface area contributed by atoms with Crippen molar-refractivity contribution < 1.29 is 15.0 Å². The van der Waals surface area contributed by atoms with Gasteiger partial charge in [0.2, 0.25) is 0 Å². The maximum atomic E-state index is 12.4. The molecule has 1 aliphatic carbocycles. The van der Waals surface area contributed by atoms with E-state index in [2.05, 4.69) is 0 Å². The van der Waals surface area contributed by atoms with Crippen LogP contribution in [0.4, 0.5) is 0 Å². The van der Waals surface area contributed by atoms with Gasteiger partial charge in [0, 0.05) is 24.6 Å². The van der Waals surface area contributed by atoms with Crippen molar-refractivity contribution in [3.63, 3.8) is 0 Å². The molecule has 3 atom stereocenters. The minimum Gasteiger partial charge on any atom is -0.508 e. The molecule has 1 aliphatic heterocycles. The van der Waals surface area contributed by atoms with Crippen molar-refractivity contribution in [2.45, 2.75) is 25.9 Å². The third-order valence-electron chi connectivity index (χ3n) is 4.55. The molecule has 1 amide bonds. The van der Waals surface area contributed by atoms with Gasteiger partial charge < -0.3 is 15.1 Å². The summed E-state index contributed by atoms with van der Waals surface area (Å²) in [6.07, 6.45) is 1.64. The first-order chi connectivity index (χ1) is 9.06. The predicted octanol–water partition coefficient (Wildman–Crippen LogP) is 1.54. The van der Waals surface area contributed by atoms with Gasteiger partial charge in [-0.15, -0.1) is 0 Å². The molecule has 3 unspecified atom stereocenters. The normalized spacial score (nSPS) is 29.6. The van der Waals surface area contributed by atoms with Gasteiger partial charge in [0.25, 0.3) is 5.91 Å². The number of rotatable bonds is 1. The van der Waals surface area contributed by atoms with E-state index in [4.69, 9.17) is 0 Å². The molecule has 0 aromatic heterocycles. The van der Waals surface area contributed by atoms with Crippen LogP contribution in [0.25, 0.3) is 0 Å². The number of hydrogen-bond acceptors (Lipinski definition) is 3. The van der Waals surface area contributed by atoms with E-state index in [1.54, 1.807) is 25.1 Å². The monoisotopic (exact) mass is 261 g/mol. The number of aromatic hydroxyl groups is 1. The molecule has 0 spiro atoms. The number of likely N-dealkylation sites (tertiary alicyclic amines) is 1. The fourth-order valence-corrected chi connectivity index (χ4v) is 3.37. The first-order valence-electron chi connectivity index (χ1n) is 6.83. The molecule has 1 heterocycles. The molecule has 2 aliphatic rings. The lowest BCUT2D eigenvalue weighted by Gasteiger charge is -2.18. The molecular formula is C15H19NO3. The molecule has 4 nitrogen and oxygen atoms in total. The van der Waals surface area contributed by atoms with Crippen molar-refractivity contribution in [1.82, 2.24) is 4.90 Å². The minimum atomic E-state index is -0.246. The second-order valence-corrected chi connectivity index (χ2v) is 5.78. The third kappa shape index (κ3) is 2.10. The molecule has 1 saturated heterocycles. The van der Waals surface area contributed by atoms with Crippen LogP contribution in [0.2, 0.25) is 0 Å². The van der Waals surface area contributed by atoms with Crippen LogP contribution in [0.1, 0.15) is 28.8 Å². The lowest BCUT2D eigenvalue weighted by atomic mass is 10.00. The van der Waals surface area contributed by atoms with Crippen LogP contribution in [0.5, 0.6) is 5.75 Å². The van der Waals surface area contributed by atoms with Crippen LogP contribution in [0, 0.1) is 18.8 Å². The largest absolute Gasteiger partial charge is 0.508 e. The molecule has 2 N–H and O–H groups in total. The van der Waals surface area contributed by atoms with E-state index in [1.165, 1.54) is 0 Å². The predicted molar refractivity (Wildman–Crippen MR) is 71.0 cm³/mol. The number of carbonyl (C=O) groups excluding carboxylic acids is 1. The number of amides is 1. The van der Waals surface area contributed by atoms with Gasteiger partial charge in [-0.1, -0.05) is 0 Å². The van der Waals surface area contributed by atoms with Gasteiger partial charge in [0.05, 0.1) is 6.10 Å². The summed E-state index contributed by atoms with van der Waals surface area (Å²) in [6.45, 7) is 3.19. The number of benzene rings is 1. The molecule has 2 fully saturated rings. The van der Waals surface area contributed by atoms with E-state index in [1.807, 2.05) is 4.90 Å². The van der Waals surface area contributed by atoms with E-state index in [0.29, 0.717) is 23.6 Å². The summed E-state index contributed by atoms with van der Waals surface area (Å²) in [7, 11) is 0. The number of phenolic OH excluding ortho intramolecular Hbond substituents is 1. The number of fused-ring (bicyclic) bond motifs is 1. The summed E-state index contributed by atoms with van der Waals surface area (Å²) < 4.78 is 0. The van der Waals surface area contributed by atoms with Crippen molar-refractivity contribution in [2.24, 2.45) is 11.8 Å². The molecular weight excluding hydrogens is 242 g/mol. The Labute approximate surface area is 112 Å². The maximum Gasteiger partial charge on any atom is 0.253 e. The SMILES string of the molecule is Cc1cc(C(=O)N2CC3CCC(O)C3C2)ccc1O. The Kier molecular flexibility index (Phi) is 2.97. The standard InChI is InChI=1S/C15H19NO3/c1-9-6-10(2-4-13(9)17)15(19)16-7-11-3-5-14(18)12(11)8-16/h2,4,6,11-12,14,17-18H,3,5,7-8H2,1H3. The van der Waals surface area contributed by atoms with Crippen LogP contribution in [0.15, 0.2) is 18.2 Å². The fraction of sp³-hybridized carbons (Fsp3) is 0.533. The van der Waals surface area contributed by atoms with E-state index in [0.717, 1.165) is 19.4 Å². The molecule has 1 saturated carbocycles. The van der Waals surface area contributed by atoms with Gasteiger partial charge >= 0.3 is 0 Å². The topological polar surface area (TPSA) is 60.8 Å². The molecule has 1 aromatic carbocycles. The van der Waals surface area contributed by atoms with Crippen molar-refractivity contribution in [3.8, 4) is 5.75 Å². The Morgan fingerprint density at radius 3 is 2.79 bits per heavy atom. The fourth-order valence-electron chi connectivity index (χ4n) is 3.37. The van der Waals surface area contributed by atoms with Crippen LogP contribution < -0.4 is 0 Å². The van der Waals surface area contributed by atoms with E-state index < -0.39 is 0 Å². The summed E-state index contributed by atoms with van der Waals surface area (Å²) in [5.41, 5.74) is 1.33. The Morgan fingerprint density at radius 1 is 1.32 bits per heavy atom. The summed E-state index contributed by atoms with van der Waals surface area (Å²) >= 11 is 0. The average molecular weight is 261 g/mol. The minimum absolute atomic E-state index is 0.00435. The summed E-state index contributed by atoms with van der Waals surface area (Å²) in [5, 5.41) is 19.4. The van der Waals surface area contributed by atoms with Gasteiger partial charge in [-0.25, -0.2) is 0 Å². The van der Waals surface area contributed by atoms with Gasteiger partial charge in [0.15, 0.2) is 0 Å². The Hall–Kier alpha value is -1.55. The number of aliphatic hydroxyl groups excluding tert-OH is 1. The number of hydrogen-bond donors (Lipinski definition) is 2. The number of phenols is 1. The lowest BCUT2D eigenvalue weighted by Crippen LogP contribution is -2.31. The number of aryl methyl sites for hydroxylation is 1. The van der Waals surface area contributed by atoms with E-state index in [-0.39, 0.29) is 23.7 Å². The Morgan fingerprint density at radius 2 is 2.11 bits per heavy atom. The molecule has 0 radical (unpaired) electrons. The van der Waals surface area contributed by atoms with E-state index >= 15 is 0 Å². The third-order valence-corrected chi connectivity index (χ3v) is 4.55. The molecule has 3 rings (SSSR count). The zero-order valence-electron chi connectivity index (χ0n) is 11.0. The highest BCUT2D eigenvalue weighted by molar-refractivity contribution is 5.94. The number of aliphatic hydroxyl groups is 1. The summed E-state index contributed by atoms with van der Waals surface area (Å²) in [4.78, 5) is 14.2. The molecule has 1 aromatic rings. The molecule has 4 heteroatoms. The Bertz CT molecular complexity index is 514. The van der Waals surface area contributed by atoms with Crippen LogP contribution >= 0.6 is 0 Å². The quantitative estimate of drug-likeness (QED) is 0.806. The van der Waals surface area contributed by atoms with Crippen LogP contribution in [-0.4, -0.2) is 40.2 Å². The van der Waals surface area contributed by atoms with Gasteiger partial charge in [0.1, 0.15) is 5.75 Å². The average Bonchev–Trinajstić information content (AvgIpc) is 2.95. The Balaban J connectivity index is 1.76. The zero-order valence-corrected chi connectivity index (χ0v) is 11.0. The van der Waals surface area contributed by atoms with Gasteiger partial charge in [-0.2, -0.15) is 0 Å². The molecule has 102 valence electrons. The number of carbonyl (C=O) groups is 1. The molecule has 19 heavy (non-hydrogen) atoms.